The molecular formula is C16H27N3O. The van der Waals surface area contributed by atoms with E-state index in [0.717, 1.165) is 45.6 Å². The van der Waals surface area contributed by atoms with Crippen LogP contribution in [0.3, 0.4) is 0 Å². The van der Waals surface area contributed by atoms with Gasteiger partial charge in [0.1, 0.15) is 0 Å². The number of hydrogen-bond acceptors (Lipinski definition) is 4. The second-order valence-electron chi connectivity index (χ2n) is 5.78. The van der Waals surface area contributed by atoms with E-state index in [1.807, 2.05) is 19.2 Å². The van der Waals surface area contributed by atoms with Crippen molar-refractivity contribution in [1.29, 1.82) is 0 Å². The smallest absolute Gasteiger partial charge is 0.0639 e. The molecule has 0 amide bonds. The van der Waals surface area contributed by atoms with Gasteiger partial charge in [0.2, 0.25) is 0 Å². The summed E-state index contributed by atoms with van der Waals surface area (Å²) in [7, 11) is 0. The van der Waals surface area contributed by atoms with Gasteiger partial charge in [-0.25, -0.2) is 0 Å². The Kier molecular flexibility index (Phi) is 5.95. The summed E-state index contributed by atoms with van der Waals surface area (Å²) in [6, 6.07) is 6.69. The molecule has 20 heavy (non-hydrogen) atoms. The van der Waals surface area contributed by atoms with E-state index in [1.165, 1.54) is 5.69 Å². The van der Waals surface area contributed by atoms with Crippen LogP contribution in [-0.2, 0) is 6.42 Å². The molecule has 0 spiro atoms. The molecule has 0 saturated carbocycles. The minimum atomic E-state index is -0.232. The summed E-state index contributed by atoms with van der Waals surface area (Å²) >= 11 is 0. The molecule has 0 unspecified atom stereocenters. The summed E-state index contributed by atoms with van der Waals surface area (Å²) in [5.74, 6) is 0. The van der Waals surface area contributed by atoms with Crippen LogP contribution in [0.15, 0.2) is 24.4 Å². The number of pyridine rings is 1. The second kappa shape index (κ2) is 7.72. The standard InChI is InChI=1S/C16H27N3O/c1-3-16-13-18(10-11-19(16)12-14(2)20)9-7-15-6-4-5-8-17-15/h4-6,8,14,16,20H,3,7,9-13H2,1-2H3/t14-,16-/m1/s1. The molecule has 1 aliphatic rings. The van der Waals surface area contributed by atoms with Gasteiger partial charge in [0.15, 0.2) is 0 Å². The predicted molar refractivity (Wildman–Crippen MR) is 81.7 cm³/mol. The van der Waals surface area contributed by atoms with E-state index in [1.54, 1.807) is 0 Å². The van der Waals surface area contributed by atoms with Crippen LogP contribution in [0.5, 0.6) is 0 Å². The van der Waals surface area contributed by atoms with E-state index in [9.17, 15) is 5.11 Å². The van der Waals surface area contributed by atoms with Crippen LogP contribution in [0.25, 0.3) is 0 Å². The number of hydrogen-bond donors (Lipinski definition) is 1. The number of piperazine rings is 1. The third-order valence-electron chi connectivity index (χ3n) is 4.07. The topological polar surface area (TPSA) is 39.6 Å². The Morgan fingerprint density at radius 1 is 1.40 bits per heavy atom. The SMILES string of the molecule is CC[C@@H]1CN(CCc2ccccn2)CCN1C[C@@H](C)O. The van der Waals surface area contributed by atoms with Crippen LogP contribution in [0, 0.1) is 0 Å². The Hall–Kier alpha value is -0.970. The summed E-state index contributed by atoms with van der Waals surface area (Å²) in [6.45, 7) is 9.25. The van der Waals surface area contributed by atoms with E-state index in [-0.39, 0.29) is 6.10 Å². The number of β-amino-alcohol motifs (C(OH)–C–C–N with tert-alkyl or cyclic N) is 1. The monoisotopic (exact) mass is 277 g/mol. The molecule has 1 fully saturated rings. The quantitative estimate of drug-likeness (QED) is 0.853. The van der Waals surface area contributed by atoms with E-state index in [4.69, 9.17) is 0 Å². The molecule has 4 heteroatoms. The third kappa shape index (κ3) is 4.54. The van der Waals surface area contributed by atoms with Crippen molar-refractivity contribution in [3.8, 4) is 0 Å². The van der Waals surface area contributed by atoms with Gasteiger partial charge in [-0.3, -0.25) is 9.88 Å². The Labute approximate surface area is 122 Å². The van der Waals surface area contributed by atoms with Crippen molar-refractivity contribution < 1.29 is 5.11 Å². The first-order chi connectivity index (χ1) is 9.69. The summed E-state index contributed by atoms with van der Waals surface area (Å²) in [5.41, 5.74) is 1.17. The van der Waals surface area contributed by atoms with Crippen molar-refractivity contribution >= 4 is 0 Å². The Bertz CT molecular complexity index is 383. The van der Waals surface area contributed by atoms with Gasteiger partial charge in [0, 0.05) is 57.1 Å². The maximum absolute atomic E-state index is 9.57. The average molecular weight is 277 g/mol. The van der Waals surface area contributed by atoms with Crippen LogP contribution in [0.2, 0.25) is 0 Å². The molecule has 112 valence electrons. The largest absolute Gasteiger partial charge is 0.392 e. The fraction of sp³-hybridized carbons (Fsp3) is 0.688. The van der Waals surface area contributed by atoms with Crippen molar-refractivity contribution in [2.75, 3.05) is 32.7 Å². The predicted octanol–water partition coefficient (Wildman–Crippen LogP) is 1.40. The average Bonchev–Trinajstić information content (AvgIpc) is 2.46. The minimum Gasteiger partial charge on any atom is -0.392 e. The highest BCUT2D eigenvalue weighted by atomic mass is 16.3. The molecule has 2 heterocycles. The van der Waals surface area contributed by atoms with Gasteiger partial charge in [-0.15, -0.1) is 0 Å². The first-order valence-corrected chi connectivity index (χ1v) is 7.73. The Morgan fingerprint density at radius 2 is 2.25 bits per heavy atom. The van der Waals surface area contributed by atoms with Gasteiger partial charge >= 0.3 is 0 Å². The van der Waals surface area contributed by atoms with Gasteiger partial charge in [0.25, 0.3) is 0 Å². The summed E-state index contributed by atoms with van der Waals surface area (Å²) in [6.07, 6.45) is 3.80. The van der Waals surface area contributed by atoms with Crippen LogP contribution < -0.4 is 0 Å². The van der Waals surface area contributed by atoms with E-state index in [0.29, 0.717) is 6.04 Å². The molecule has 1 saturated heterocycles. The Morgan fingerprint density at radius 3 is 2.90 bits per heavy atom. The van der Waals surface area contributed by atoms with Gasteiger partial charge < -0.3 is 10.0 Å². The molecule has 0 bridgehead atoms. The molecule has 1 aliphatic heterocycles. The van der Waals surface area contributed by atoms with Crippen molar-refractivity contribution in [2.24, 2.45) is 0 Å². The lowest BCUT2D eigenvalue weighted by Crippen LogP contribution is -2.54. The van der Waals surface area contributed by atoms with E-state index >= 15 is 0 Å². The Balaban J connectivity index is 1.81. The maximum Gasteiger partial charge on any atom is 0.0639 e. The fourth-order valence-corrected chi connectivity index (χ4v) is 2.95. The molecule has 1 aromatic rings. The zero-order valence-corrected chi connectivity index (χ0v) is 12.7. The van der Waals surface area contributed by atoms with Crippen LogP contribution in [0.1, 0.15) is 26.0 Å². The molecule has 0 aromatic carbocycles. The first-order valence-electron chi connectivity index (χ1n) is 7.73. The van der Waals surface area contributed by atoms with Crippen LogP contribution in [-0.4, -0.2) is 64.8 Å². The van der Waals surface area contributed by atoms with Gasteiger partial charge in [-0.1, -0.05) is 13.0 Å². The second-order valence-corrected chi connectivity index (χ2v) is 5.78. The number of aliphatic hydroxyl groups is 1. The van der Waals surface area contributed by atoms with E-state index in [2.05, 4.69) is 33.8 Å². The molecule has 4 nitrogen and oxygen atoms in total. The summed E-state index contributed by atoms with van der Waals surface area (Å²) in [4.78, 5) is 9.35. The number of aromatic nitrogens is 1. The van der Waals surface area contributed by atoms with Gasteiger partial charge in [-0.2, -0.15) is 0 Å². The molecule has 2 atom stereocenters. The van der Waals surface area contributed by atoms with Crippen molar-refractivity contribution in [2.45, 2.75) is 38.8 Å². The van der Waals surface area contributed by atoms with Crippen LogP contribution in [0.4, 0.5) is 0 Å². The normalized spacial score (nSPS) is 22.9. The molecule has 0 aliphatic carbocycles. The van der Waals surface area contributed by atoms with Gasteiger partial charge in [0.05, 0.1) is 6.10 Å². The van der Waals surface area contributed by atoms with Crippen LogP contribution >= 0.6 is 0 Å². The highest BCUT2D eigenvalue weighted by molar-refractivity contribution is 5.03. The van der Waals surface area contributed by atoms with Gasteiger partial charge in [-0.05, 0) is 25.5 Å². The third-order valence-corrected chi connectivity index (χ3v) is 4.07. The molecule has 2 rings (SSSR count). The number of aliphatic hydroxyl groups excluding tert-OH is 1. The number of rotatable bonds is 6. The lowest BCUT2D eigenvalue weighted by molar-refractivity contribution is 0.0370. The highest BCUT2D eigenvalue weighted by Crippen LogP contribution is 2.13. The lowest BCUT2D eigenvalue weighted by atomic mass is 10.1. The zero-order valence-electron chi connectivity index (χ0n) is 12.7. The van der Waals surface area contributed by atoms with Crippen molar-refractivity contribution in [3.63, 3.8) is 0 Å². The minimum absolute atomic E-state index is 0.232. The first kappa shape index (κ1) is 15.4. The molecule has 1 aromatic heterocycles. The maximum atomic E-state index is 9.57. The summed E-state index contributed by atoms with van der Waals surface area (Å²) < 4.78 is 0. The summed E-state index contributed by atoms with van der Waals surface area (Å²) in [5, 5.41) is 9.57. The highest BCUT2D eigenvalue weighted by Gasteiger charge is 2.25. The molecule has 0 radical (unpaired) electrons. The fourth-order valence-electron chi connectivity index (χ4n) is 2.95. The molecule has 1 N–H and O–H groups in total. The number of nitrogens with zero attached hydrogens (tertiary/aromatic N) is 3. The van der Waals surface area contributed by atoms with Crippen molar-refractivity contribution in [3.05, 3.63) is 30.1 Å². The zero-order chi connectivity index (χ0) is 14.4. The lowest BCUT2D eigenvalue weighted by Gasteiger charge is -2.41. The van der Waals surface area contributed by atoms with E-state index < -0.39 is 0 Å². The molecular weight excluding hydrogens is 250 g/mol. The van der Waals surface area contributed by atoms with Crippen molar-refractivity contribution in [1.82, 2.24) is 14.8 Å².